The van der Waals surface area contributed by atoms with Crippen LogP contribution in [0.15, 0.2) is 24.3 Å². The molecule has 5 heteroatoms. The summed E-state index contributed by atoms with van der Waals surface area (Å²) in [7, 11) is 1.83. The number of carbonyl (C=O) groups is 1. The first-order valence-corrected chi connectivity index (χ1v) is 6.75. The van der Waals surface area contributed by atoms with E-state index < -0.39 is 0 Å². The summed E-state index contributed by atoms with van der Waals surface area (Å²) in [5.41, 5.74) is 1.03. The molecule has 0 saturated carbocycles. The first kappa shape index (κ1) is 14.4. The zero-order valence-corrected chi connectivity index (χ0v) is 11.6. The second-order valence-corrected chi connectivity index (χ2v) is 4.95. The highest BCUT2D eigenvalue weighted by molar-refractivity contribution is 5.76. The molecule has 5 nitrogen and oxygen atoms in total. The number of carbonyl (C=O) groups excluding carboxylic acids is 1. The Labute approximate surface area is 119 Å². The largest absolute Gasteiger partial charge is 0.478 e. The van der Waals surface area contributed by atoms with Gasteiger partial charge in [-0.05, 0) is 12.5 Å². The molecule has 1 aromatic rings. The molecule has 0 aromatic heterocycles. The number of likely N-dealkylation sites (N-methyl/N-ethyl adjacent to an activating group) is 1. The third-order valence-electron chi connectivity index (χ3n) is 3.47. The standard InChI is InChI=1S/C15H19N3O2/c1-18-11-13(6-7-15(18)19)17-10-12-4-2-3-5-14(12)20-9-8-16/h2-5,13,17H,6-7,9-11H2,1H3. The summed E-state index contributed by atoms with van der Waals surface area (Å²) in [6, 6.07) is 9.97. The first-order valence-electron chi connectivity index (χ1n) is 6.75. The van der Waals surface area contributed by atoms with Crippen LogP contribution in [0.3, 0.4) is 0 Å². The molecule has 0 bridgehead atoms. The quantitative estimate of drug-likeness (QED) is 0.878. The monoisotopic (exact) mass is 273 g/mol. The van der Waals surface area contributed by atoms with E-state index in [9.17, 15) is 4.79 Å². The lowest BCUT2D eigenvalue weighted by molar-refractivity contribution is -0.132. The number of hydrogen-bond acceptors (Lipinski definition) is 4. The van der Waals surface area contributed by atoms with Gasteiger partial charge in [0.15, 0.2) is 6.61 Å². The van der Waals surface area contributed by atoms with E-state index in [4.69, 9.17) is 10.00 Å². The van der Waals surface area contributed by atoms with Gasteiger partial charge in [0.1, 0.15) is 11.8 Å². The number of nitriles is 1. The van der Waals surface area contributed by atoms with Crippen LogP contribution in [0, 0.1) is 11.3 Å². The number of hydrogen-bond donors (Lipinski definition) is 1. The second-order valence-electron chi connectivity index (χ2n) is 4.95. The van der Waals surface area contributed by atoms with Gasteiger partial charge in [-0.25, -0.2) is 0 Å². The molecule has 106 valence electrons. The fraction of sp³-hybridized carbons (Fsp3) is 0.467. The summed E-state index contributed by atoms with van der Waals surface area (Å²) < 4.78 is 5.40. The van der Waals surface area contributed by atoms with Crippen molar-refractivity contribution in [3.63, 3.8) is 0 Å². The van der Waals surface area contributed by atoms with Crippen molar-refractivity contribution in [2.24, 2.45) is 0 Å². The molecule has 20 heavy (non-hydrogen) atoms. The fourth-order valence-corrected chi connectivity index (χ4v) is 2.33. The number of amides is 1. The molecular weight excluding hydrogens is 254 g/mol. The van der Waals surface area contributed by atoms with Crippen LogP contribution in [0.5, 0.6) is 5.75 Å². The number of nitrogens with one attached hydrogen (secondary N) is 1. The number of ether oxygens (including phenoxy) is 1. The third-order valence-corrected chi connectivity index (χ3v) is 3.47. The zero-order valence-electron chi connectivity index (χ0n) is 11.6. The van der Waals surface area contributed by atoms with Crippen LogP contribution < -0.4 is 10.1 Å². The van der Waals surface area contributed by atoms with Crippen LogP contribution in [0.25, 0.3) is 0 Å². The molecular formula is C15H19N3O2. The molecule has 0 radical (unpaired) electrons. The van der Waals surface area contributed by atoms with Crippen LogP contribution in [0.1, 0.15) is 18.4 Å². The molecule has 2 rings (SSSR count). The number of piperidine rings is 1. The van der Waals surface area contributed by atoms with Crippen molar-refractivity contribution in [1.82, 2.24) is 10.2 Å². The summed E-state index contributed by atoms with van der Waals surface area (Å²) >= 11 is 0. The maximum absolute atomic E-state index is 11.4. The molecule has 1 unspecified atom stereocenters. The minimum atomic E-state index is 0.0533. The van der Waals surface area contributed by atoms with E-state index >= 15 is 0 Å². The lowest BCUT2D eigenvalue weighted by Crippen LogP contribution is -2.46. The van der Waals surface area contributed by atoms with Crippen LogP contribution in [-0.2, 0) is 11.3 Å². The number of likely N-dealkylation sites (tertiary alicyclic amines) is 1. The van der Waals surface area contributed by atoms with Gasteiger partial charge in [-0.3, -0.25) is 4.79 Å². The average Bonchev–Trinajstić information content (AvgIpc) is 2.47. The minimum absolute atomic E-state index is 0.0533. The maximum Gasteiger partial charge on any atom is 0.222 e. The molecule has 0 spiro atoms. The van der Waals surface area contributed by atoms with Crippen molar-refractivity contribution in [1.29, 1.82) is 5.26 Å². The number of rotatable bonds is 5. The van der Waals surface area contributed by atoms with Crippen molar-refractivity contribution in [3.05, 3.63) is 29.8 Å². The number of benzene rings is 1. The Kier molecular flexibility index (Phi) is 4.97. The predicted octanol–water partition coefficient (Wildman–Crippen LogP) is 1.30. The molecule has 1 atom stereocenters. The Morgan fingerprint density at radius 3 is 3.05 bits per heavy atom. The lowest BCUT2D eigenvalue weighted by atomic mass is 10.1. The van der Waals surface area contributed by atoms with Crippen molar-refractivity contribution >= 4 is 5.91 Å². The van der Waals surface area contributed by atoms with Gasteiger partial charge in [-0.15, -0.1) is 0 Å². The van der Waals surface area contributed by atoms with Crippen molar-refractivity contribution in [2.75, 3.05) is 20.2 Å². The van der Waals surface area contributed by atoms with Gasteiger partial charge in [-0.2, -0.15) is 5.26 Å². The highest BCUT2D eigenvalue weighted by atomic mass is 16.5. The highest BCUT2D eigenvalue weighted by Gasteiger charge is 2.22. The van der Waals surface area contributed by atoms with Gasteiger partial charge in [0.25, 0.3) is 0 Å². The molecule has 1 N–H and O–H groups in total. The van der Waals surface area contributed by atoms with E-state index in [-0.39, 0.29) is 12.5 Å². The predicted molar refractivity (Wildman–Crippen MR) is 75.0 cm³/mol. The normalized spacial score (nSPS) is 18.7. The van der Waals surface area contributed by atoms with Gasteiger partial charge in [0.05, 0.1) is 0 Å². The molecule has 1 aromatic carbocycles. The fourth-order valence-electron chi connectivity index (χ4n) is 2.33. The van der Waals surface area contributed by atoms with Gasteiger partial charge in [-0.1, -0.05) is 18.2 Å². The van der Waals surface area contributed by atoms with Gasteiger partial charge in [0, 0.05) is 38.2 Å². The van der Waals surface area contributed by atoms with Gasteiger partial charge < -0.3 is 15.0 Å². The molecule has 1 amide bonds. The summed E-state index contributed by atoms with van der Waals surface area (Å²) in [5.74, 6) is 0.947. The second kappa shape index (κ2) is 6.92. The van der Waals surface area contributed by atoms with E-state index in [0.29, 0.717) is 19.0 Å². The van der Waals surface area contributed by atoms with E-state index in [1.54, 1.807) is 4.90 Å². The van der Waals surface area contributed by atoms with Gasteiger partial charge >= 0.3 is 0 Å². The first-order chi connectivity index (χ1) is 9.70. The summed E-state index contributed by atoms with van der Waals surface area (Å²) in [6.07, 6.45) is 1.46. The molecule has 1 aliphatic heterocycles. The summed E-state index contributed by atoms with van der Waals surface area (Å²) in [4.78, 5) is 13.2. The Morgan fingerprint density at radius 1 is 1.50 bits per heavy atom. The molecule has 1 fully saturated rings. The van der Waals surface area contributed by atoms with Crippen molar-refractivity contribution in [3.8, 4) is 11.8 Å². The van der Waals surface area contributed by atoms with E-state index in [2.05, 4.69) is 5.32 Å². The molecule has 0 aliphatic carbocycles. The minimum Gasteiger partial charge on any atom is -0.478 e. The maximum atomic E-state index is 11.4. The molecule has 1 heterocycles. The van der Waals surface area contributed by atoms with E-state index in [0.717, 1.165) is 24.3 Å². The Hall–Kier alpha value is -2.06. The smallest absolute Gasteiger partial charge is 0.222 e. The zero-order chi connectivity index (χ0) is 14.4. The number of nitrogens with zero attached hydrogens (tertiary/aromatic N) is 2. The molecule has 1 saturated heterocycles. The van der Waals surface area contributed by atoms with Crippen LogP contribution >= 0.6 is 0 Å². The third kappa shape index (κ3) is 3.72. The highest BCUT2D eigenvalue weighted by Crippen LogP contribution is 2.18. The van der Waals surface area contributed by atoms with Crippen LogP contribution in [-0.4, -0.2) is 37.0 Å². The van der Waals surface area contributed by atoms with Crippen LogP contribution in [0.2, 0.25) is 0 Å². The van der Waals surface area contributed by atoms with Crippen molar-refractivity contribution in [2.45, 2.75) is 25.4 Å². The molecule has 1 aliphatic rings. The Balaban J connectivity index is 1.91. The Bertz CT molecular complexity index is 510. The van der Waals surface area contributed by atoms with Crippen molar-refractivity contribution < 1.29 is 9.53 Å². The number of para-hydroxylation sites is 1. The SMILES string of the molecule is CN1CC(NCc2ccccc2OCC#N)CCC1=O. The van der Waals surface area contributed by atoms with E-state index in [1.165, 1.54) is 0 Å². The van der Waals surface area contributed by atoms with E-state index in [1.807, 2.05) is 37.4 Å². The Morgan fingerprint density at radius 2 is 2.30 bits per heavy atom. The topological polar surface area (TPSA) is 65.4 Å². The van der Waals surface area contributed by atoms with Crippen LogP contribution in [0.4, 0.5) is 0 Å². The summed E-state index contributed by atoms with van der Waals surface area (Å²) in [5, 5.41) is 12.0. The summed E-state index contributed by atoms with van der Waals surface area (Å²) in [6.45, 7) is 1.46. The lowest BCUT2D eigenvalue weighted by Gasteiger charge is -2.30. The van der Waals surface area contributed by atoms with Gasteiger partial charge in [0.2, 0.25) is 5.91 Å². The average molecular weight is 273 g/mol.